The molecule has 0 radical (unpaired) electrons. The van der Waals surface area contributed by atoms with Crippen LogP contribution in [-0.4, -0.2) is 16.5 Å². The molecule has 182 valence electrons. The molecule has 37 heavy (non-hydrogen) atoms. The smallest absolute Gasteiger partial charge is 0.144 e. The lowest BCUT2D eigenvalue weighted by Crippen LogP contribution is -2.07. The van der Waals surface area contributed by atoms with Crippen LogP contribution in [-0.2, 0) is 13.0 Å². The zero-order valence-electron chi connectivity index (χ0n) is 20.4. The summed E-state index contributed by atoms with van der Waals surface area (Å²) in [5.41, 5.74) is 7.51. The zero-order valence-corrected chi connectivity index (χ0v) is 20.4. The Morgan fingerprint density at radius 1 is 0.757 bits per heavy atom. The maximum Gasteiger partial charge on any atom is 0.144 e. The van der Waals surface area contributed by atoms with Gasteiger partial charge in [-0.3, -0.25) is 4.98 Å². The van der Waals surface area contributed by atoms with Gasteiger partial charge >= 0.3 is 0 Å². The van der Waals surface area contributed by atoms with Crippen molar-refractivity contribution in [3.05, 3.63) is 127 Å². The summed E-state index contributed by atoms with van der Waals surface area (Å²) in [5.74, 6) is 0.811. The third-order valence-electron chi connectivity index (χ3n) is 6.53. The van der Waals surface area contributed by atoms with Crippen molar-refractivity contribution in [3.63, 3.8) is 0 Å². The van der Waals surface area contributed by atoms with Crippen molar-refractivity contribution < 1.29 is 4.74 Å². The summed E-state index contributed by atoms with van der Waals surface area (Å²) >= 11 is 0. The molecule has 0 spiro atoms. The van der Waals surface area contributed by atoms with Gasteiger partial charge in [0.1, 0.15) is 12.4 Å². The maximum absolute atomic E-state index is 6.33. The van der Waals surface area contributed by atoms with Crippen LogP contribution < -0.4 is 15.4 Å². The molecule has 5 heteroatoms. The first kappa shape index (κ1) is 22.7. The Morgan fingerprint density at radius 2 is 1.57 bits per heavy atom. The van der Waals surface area contributed by atoms with Crippen molar-refractivity contribution in [2.45, 2.75) is 13.0 Å². The van der Waals surface area contributed by atoms with Crippen LogP contribution in [0.25, 0.3) is 21.8 Å². The summed E-state index contributed by atoms with van der Waals surface area (Å²) in [7, 11) is 0. The molecule has 6 rings (SSSR count). The van der Waals surface area contributed by atoms with Crippen LogP contribution in [0.15, 0.2) is 116 Å². The van der Waals surface area contributed by atoms with Crippen molar-refractivity contribution in [3.8, 4) is 5.75 Å². The summed E-state index contributed by atoms with van der Waals surface area (Å²) in [5, 5.41) is 9.51. The zero-order chi connectivity index (χ0) is 24.9. The molecular weight excluding hydrogens is 456 g/mol. The van der Waals surface area contributed by atoms with Gasteiger partial charge in [0.05, 0.1) is 11.2 Å². The maximum atomic E-state index is 6.33. The van der Waals surface area contributed by atoms with E-state index < -0.39 is 0 Å². The molecule has 0 fully saturated rings. The van der Waals surface area contributed by atoms with Gasteiger partial charge in [-0.2, -0.15) is 0 Å². The van der Waals surface area contributed by atoms with E-state index in [1.807, 2.05) is 48.7 Å². The number of hydrogen-bond donors (Lipinski definition) is 3. The highest BCUT2D eigenvalue weighted by Gasteiger charge is 2.09. The normalized spacial score (nSPS) is 11.0. The van der Waals surface area contributed by atoms with Gasteiger partial charge in [0.15, 0.2) is 0 Å². The molecule has 0 aliphatic heterocycles. The second-order valence-corrected chi connectivity index (χ2v) is 9.02. The average Bonchev–Trinajstić information content (AvgIpc) is 3.37. The second-order valence-electron chi connectivity index (χ2n) is 9.02. The fourth-order valence-corrected chi connectivity index (χ4v) is 4.63. The van der Waals surface area contributed by atoms with Crippen LogP contribution in [0.1, 0.15) is 11.1 Å². The molecule has 0 unspecified atom stereocenters. The van der Waals surface area contributed by atoms with E-state index in [1.165, 1.54) is 16.5 Å². The van der Waals surface area contributed by atoms with Crippen molar-refractivity contribution in [2.24, 2.45) is 0 Å². The second kappa shape index (κ2) is 10.5. The van der Waals surface area contributed by atoms with Gasteiger partial charge in [0.2, 0.25) is 0 Å². The van der Waals surface area contributed by atoms with E-state index in [0.717, 1.165) is 52.2 Å². The lowest BCUT2D eigenvalue weighted by atomic mass is 10.1. The van der Waals surface area contributed by atoms with Crippen LogP contribution in [0.2, 0.25) is 0 Å². The third-order valence-corrected chi connectivity index (χ3v) is 6.53. The van der Waals surface area contributed by atoms with Gasteiger partial charge in [-0.1, -0.05) is 66.7 Å². The van der Waals surface area contributed by atoms with Gasteiger partial charge in [0.25, 0.3) is 0 Å². The molecule has 2 heterocycles. The first-order valence-electron chi connectivity index (χ1n) is 12.5. The largest absolute Gasteiger partial charge is 0.487 e. The van der Waals surface area contributed by atoms with Crippen molar-refractivity contribution in [2.75, 3.05) is 17.2 Å². The molecule has 0 bridgehead atoms. The van der Waals surface area contributed by atoms with E-state index >= 15 is 0 Å². The lowest BCUT2D eigenvalue weighted by Gasteiger charge is -2.16. The number of hydrogen-bond acceptors (Lipinski definition) is 4. The van der Waals surface area contributed by atoms with E-state index in [9.17, 15) is 0 Å². The quantitative estimate of drug-likeness (QED) is 0.197. The molecule has 3 N–H and O–H groups in total. The number of H-pyrrole nitrogens is 1. The molecule has 0 saturated carbocycles. The molecule has 0 aliphatic carbocycles. The van der Waals surface area contributed by atoms with Gasteiger partial charge in [0, 0.05) is 52.7 Å². The highest BCUT2D eigenvalue weighted by Crippen LogP contribution is 2.32. The molecule has 0 aliphatic rings. The predicted octanol–water partition coefficient (Wildman–Crippen LogP) is 7.69. The average molecular weight is 485 g/mol. The van der Waals surface area contributed by atoms with E-state index in [-0.39, 0.29) is 0 Å². The molecule has 4 aromatic carbocycles. The number of anilines is 3. The van der Waals surface area contributed by atoms with Gasteiger partial charge in [-0.25, -0.2) is 0 Å². The molecular formula is C32H28N4O. The number of fused-ring (bicyclic) bond motifs is 2. The number of pyridine rings is 1. The third kappa shape index (κ3) is 5.11. The summed E-state index contributed by atoms with van der Waals surface area (Å²) in [6, 6.07) is 35.0. The SMILES string of the molecule is c1ccc(COc2cc(Nc3ccnc4ccccc34)ccc2NCCc2c[nH]c3ccccc23)cc1. The number of aromatic nitrogens is 2. The van der Waals surface area contributed by atoms with Crippen LogP contribution in [0.5, 0.6) is 5.75 Å². The first-order valence-corrected chi connectivity index (χ1v) is 12.5. The molecule has 5 nitrogen and oxygen atoms in total. The van der Waals surface area contributed by atoms with Crippen molar-refractivity contribution in [1.82, 2.24) is 9.97 Å². The molecule has 0 amide bonds. The minimum absolute atomic E-state index is 0.500. The molecule has 0 atom stereocenters. The van der Waals surface area contributed by atoms with E-state index in [2.05, 4.69) is 87.5 Å². The number of rotatable bonds is 9. The van der Waals surface area contributed by atoms with Crippen LogP contribution in [0, 0.1) is 0 Å². The van der Waals surface area contributed by atoms with Gasteiger partial charge in [-0.05, 0) is 47.9 Å². The minimum atomic E-state index is 0.500. The number of para-hydroxylation sites is 2. The van der Waals surface area contributed by atoms with Crippen LogP contribution >= 0.6 is 0 Å². The van der Waals surface area contributed by atoms with E-state index in [0.29, 0.717) is 6.61 Å². The summed E-state index contributed by atoms with van der Waals surface area (Å²) in [4.78, 5) is 7.84. The Labute approximate surface area is 216 Å². The Bertz CT molecular complexity index is 1640. The van der Waals surface area contributed by atoms with Crippen molar-refractivity contribution >= 4 is 38.9 Å². The summed E-state index contributed by atoms with van der Waals surface area (Å²) in [6.07, 6.45) is 4.84. The highest BCUT2D eigenvalue weighted by atomic mass is 16.5. The summed E-state index contributed by atoms with van der Waals surface area (Å²) in [6.45, 7) is 1.30. The summed E-state index contributed by atoms with van der Waals surface area (Å²) < 4.78 is 6.33. The van der Waals surface area contributed by atoms with Gasteiger partial charge < -0.3 is 20.4 Å². The first-order chi connectivity index (χ1) is 18.3. The van der Waals surface area contributed by atoms with Crippen molar-refractivity contribution in [1.29, 1.82) is 0 Å². The number of nitrogens with zero attached hydrogens (tertiary/aromatic N) is 1. The monoisotopic (exact) mass is 484 g/mol. The van der Waals surface area contributed by atoms with Crippen LogP contribution in [0.3, 0.4) is 0 Å². The van der Waals surface area contributed by atoms with Gasteiger partial charge in [-0.15, -0.1) is 0 Å². The van der Waals surface area contributed by atoms with E-state index in [1.54, 1.807) is 0 Å². The predicted molar refractivity (Wildman–Crippen MR) is 153 cm³/mol. The molecule has 6 aromatic rings. The fraction of sp³-hybridized carbons (Fsp3) is 0.0938. The Balaban J connectivity index is 1.23. The Kier molecular flexibility index (Phi) is 6.41. The number of benzene rings is 4. The number of nitrogens with one attached hydrogen (secondary N) is 3. The molecule has 0 saturated heterocycles. The fourth-order valence-electron chi connectivity index (χ4n) is 4.63. The number of aromatic amines is 1. The Hall–Kier alpha value is -4.77. The topological polar surface area (TPSA) is 62.0 Å². The minimum Gasteiger partial charge on any atom is -0.487 e. The standard InChI is InChI=1S/C32H28N4O/c1-2-8-23(9-3-1)22-37-32-20-25(36-30-17-19-33-29-13-7-5-11-27(29)30)14-15-31(32)34-18-16-24-21-35-28-12-6-4-10-26(24)28/h1-15,17,19-21,34-35H,16,18,22H2,(H,33,36). The van der Waals surface area contributed by atoms with E-state index in [4.69, 9.17) is 4.74 Å². The highest BCUT2D eigenvalue weighted by molar-refractivity contribution is 5.93. The number of ether oxygens (including phenoxy) is 1. The molecule has 2 aromatic heterocycles. The lowest BCUT2D eigenvalue weighted by molar-refractivity contribution is 0.308. The van der Waals surface area contributed by atoms with Crippen LogP contribution in [0.4, 0.5) is 17.1 Å². The Morgan fingerprint density at radius 3 is 2.49 bits per heavy atom.